The van der Waals surface area contributed by atoms with Crippen LogP contribution in [-0.4, -0.2) is 36.0 Å². The van der Waals surface area contributed by atoms with Gasteiger partial charge in [0, 0.05) is 39.3 Å². The third-order valence-electron chi connectivity index (χ3n) is 4.40. The number of hydrogen-bond donors (Lipinski definition) is 0. The van der Waals surface area contributed by atoms with Gasteiger partial charge in [0.25, 0.3) is 0 Å². The van der Waals surface area contributed by atoms with Gasteiger partial charge in [0.2, 0.25) is 0 Å². The van der Waals surface area contributed by atoms with E-state index >= 15 is 0 Å². The largest absolute Gasteiger partial charge is 0.416 e. The van der Waals surface area contributed by atoms with E-state index < -0.39 is 11.7 Å². The fraction of sp³-hybridized carbons (Fsp3) is 0.368. The molecule has 0 aromatic heterocycles. The number of benzene rings is 2. The van der Waals surface area contributed by atoms with Crippen molar-refractivity contribution in [2.75, 3.05) is 26.2 Å². The number of nitrogens with zero attached hydrogens (tertiary/aromatic N) is 2. The SMILES string of the molecule is FC(F)(F)c1ccc(CN2CCN(Cc3ccccc3)CC2)cc1. The summed E-state index contributed by atoms with van der Waals surface area (Å²) < 4.78 is 37.8. The van der Waals surface area contributed by atoms with E-state index in [4.69, 9.17) is 0 Å². The van der Waals surface area contributed by atoms with E-state index in [1.54, 1.807) is 12.1 Å². The van der Waals surface area contributed by atoms with Gasteiger partial charge in [-0.2, -0.15) is 13.2 Å². The minimum atomic E-state index is -4.26. The zero-order valence-electron chi connectivity index (χ0n) is 13.5. The van der Waals surface area contributed by atoms with Crippen molar-refractivity contribution >= 4 is 0 Å². The lowest BCUT2D eigenvalue weighted by molar-refractivity contribution is -0.137. The summed E-state index contributed by atoms with van der Waals surface area (Å²) >= 11 is 0. The number of piperazine rings is 1. The van der Waals surface area contributed by atoms with Gasteiger partial charge < -0.3 is 0 Å². The van der Waals surface area contributed by atoms with Crippen molar-refractivity contribution in [1.82, 2.24) is 9.80 Å². The first kappa shape index (κ1) is 17.0. The molecule has 0 unspecified atom stereocenters. The second-order valence-electron chi connectivity index (χ2n) is 6.23. The number of halogens is 3. The Morgan fingerprint density at radius 1 is 0.667 bits per heavy atom. The Hall–Kier alpha value is -1.85. The summed E-state index contributed by atoms with van der Waals surface area (Å²) in [5.41, 5.74) is 1.66. The van der Waals surface area contributed by atoms with Gasteiger partial charge in [-0.3, -0.25) is 9.80 Å². The maximum absolute atomic E-state index is 12.6. The standard InChI is InChI=1S/C19H21F3N2/c20-19(21,22)18-8-6-17(7-9-18)15-24-12-10-23(11-13-24)14-16-4-2-1-3-5-16/h1-9H,10-15H2. The predicted molar refractivity (Wildman–Crippen MR) is 88.4 cm³/mol. The normalized spacial score (nSPS) is 17.1. The minimum Gasteiger partial charge on any atom is -0.297 e. The zero-order valence-corrected chi connectivity index (χ0v) is 13.5. The molecule has 0 saturated carbocycles. The lowest BCUT2D eigenvalue weighted by atomic mass is 10.1. The fourth-order valence-corrected chi connectivity index (χ4v) is 3.00. The van der Waals surface area contributed by atoms with E-state index in [9.17, 15) is 13.2 Å². The Bertz CT molecular complexity index is 630. The molecule has 0 atom stereocenters. The minimum absolute atomic E-state index is 0.584. The second-order valence-corrected chi connectivity index (χ2v) is 6.23. The Morgan fingerprint density at radius 3 is 1.58 bits per heavy atom. The molecule has 0 spiro atoms. The molecule has 2 nitrogen and oxygen atoms in total. The maximum Gasteiger partial charge on any atom is 0.416 e. The number of alkyl halides is 3. The summed E-state index contributed by atoms with van der Waals surface area (Å²) in [6, 6.07) is 15.9. The summed E-state index contributed by atoms with van der Waals surface area (Å²) in [6.45, 7) is 5.50. The van der Waals surface area contributed by atoms with Crippen molar-refractivity contribution in [3.63, 3.8) is 0 Å². The van der Waals surface area contributed by atoms with Gasteiger partial charge in [-0.05, 0) is 23.3 Å². The van der Waals surface area contributed by atoms with Crippen LogP contribution >= 0.6 is 0 Å². The third-order valence-corrected chi connectivity index (χ3v) is 4.40. The van der Waals surface area contributed by atoms with Crippen LogP contribution in [0.4, 0.5) is 13.2 Å². The van der Waals surface area contributed by atoms with E-state index in [0.29, 0.717) is 6.54 Å². The molecule has 1 heterocycles. The Labute approximate surface area is 140 Å². The Balaban J connectivity index is 1.48. The Morgan fingerprint density at radius 2 is 1.12 bits per heavy atom. The molecule has 0 N–H and O–H groups in total. The molecule has 0 radical (unpaired) electrons. The van der Waals surface area contributed by atoms with Gasteiger partial charge in [-0.15, -0.1) is 0 Å². The topological polar surface area (TPSA) is 6.48 Å². The Kier molecular flexibility index (Phi) is 5.21. The molecule has 1 saturated heterocycles. The van der Waals surface area contributed by atoms with Gasteiger partial charge in [-0.1, -0.05) is 42.5 Å². The lowest BCUT2D eigenvalue weighted by Crippen LogP contribution is -2.45. The molecular formula is C19H21F3N2. The zero-order chi connectivity index (χ0) is 17.0. The van der Waals surface area contributed by atoms with Gasteiger partial charge in [0.15, 0.2) is 0 Å². The van der Waals surface area contributed by atoms with Crippen molar-refractivity contribution < 1.29 is 13.2 Å². The molecular weight excluding hydrogens is 313 g/mol. The summed E-state index contributed by atoms with van der Waals surface area (Å²) in [5, 5.41) is 0. The molecule has 0 aliphatic carbocycles. The summed E-state index contributed by atoms with van der Waals surface area (Å²) in [7, 11) is 0. The predicted octanol–water partition coefficient (Wildman–Crippen LogP) is 4.02. The average molecular weight is 334 g/mol. The molecule has 5 heteroatoms. The molecule has 128 valence electrons. The highest BCUT2D eigenvalue weighted by molar-refractivity contribution is 5.24. The summed E-state index contributed by atoms with van der Waals surface area (Å²) in [5.74, 6) is 0. The van der Waals surface area contributed by atoms with Gasteiger partial charge in [0.1, 0.15) is 0 Å². The summed E-state index contributed by atoms with van der Waals surface area (Å²) in [6.07, 6.45) is -4.26. The average Bonchev–Trinajstić information content (AvgIpc) is 2.57. The van der Waals surface area contributed by atoms with Crippen LogP contribution in [-0.2, 0) is 19.3 Å². The maximum atomic E-state index is 12.6. The molecule has 1 fully saturated rings. The van der Waals surface area contributed by atoms with Crippen molar-refractivity contribution in [1.29, 1.82) is 0 Å². The molecule has 0 bridgehead atoms. The summed E-state index contributed by atoms with van der Waals surface area (Å²) in [4.78, 5) is 4.71. The van der Waals surface area contributed by atoms with Crippen LogP contribution in [0.2, 0.25) is 0 Å². The van der Waals surface area contributed by atoms with Crippen LogP contribution < -0.4 is 0 Å². The molecule has 24 heavy (non-hydrogen) atoms. The van der Waals surface area contributed by atoms with Crippen molar-refractivity contribution in [2.24, 2.45) is 0 Å². The molecule has 1 aliphatic heterocycles. The van der Waals surface area contributed by atoms with E-state index in [2.05, 4.69) is 34.1 Å². The van der Waals surface area contributed by atoms with E-state index in [1.165, 1.54) is 17.7 Å². The van der Waals surface area contributed by atoms with Crippen LogP contribution in [0.3, 0.4) is 0 Å². The smallest absolute Gasteiger partial charge is 0.297 e. The van der Waals surface area contributed by atoms with E-state index in [0.717, 1.165) is 38.3 Å². The molecule has 3 rings (SSSR count). The fourth-order valence-electron chi connectivity index (χ4n) is 3.00. The molecule has 2 aromatic rings. The van der Waals surface area contributed by atoms with Crippen LogP contribution in [0, 0.1) is 0 Å². The monoisotopic (exact) mass is 334 g/mol. The first-order valence-corrected chi connectivity index (χ1v) is 8.15. The highest BCUT2D eigenvalue weighted by Crippen LogP contribution is 2.29. The quantitative estimate of drug-likeness (QED) is 0.833. The van der Waals surface area contributed by atoms with E-state index in [-0.39, 0.29) is 0 Å². The molecule has 2 aromatic carbocycles. The van der Waals surface area contributed by atoms with Crippen LogP contribution in [0.5, 0.6) is 0 Å². The highest BCUT2D eigenvalue weighted by atomic mass is 19.4. The van der Waals surface area contributed by atoms with Crippen LogP contribution in [0.1, 0.15) is 16.7 Å². The van der Waals surface area contributed by atoms with Crippen molar-refractivity contribution in [3.05, 3.63) is 71.3 Å². The molecule has 1 aliphatic rings. The van der Waals surface area contributed by atoms with E-state index in [1.807, 2.05) is 6.07 Å². The van der Waals surface area contributed by atoms with Crippen LogP contribution in [0.25, 0.3) is 0 Å². The number of rotatable bonds is 4. The lowest BCUT2D eigenvalue weighted by Gasteiger charge is -2.34. The first-order valence-electron chi connectivity index (χ1n) is 8.15. The molecule has 0 amide bonds. The van der Waals surface area contributed by atoms with Gasteiger partial charge in [-0.25, -0.2) is 0 Å². The second kappa shape index (κ2) is 7.36. The van der Waals surface area contributed by atoms with Gasteiger partial charge >= 0.3 is 6.18 Å². The van der Waals surface area contributed by atoms with Crippen molar-refractivity contribution in [2.45, 2.75) is 19.3 Å². The first-order chi connectivity index (χ1) is 11.5. The highest BCUT2D eigenvalue weighted by Gasteiger charge is 2.30. The third kappa shape index (κ3) is 4.58. The van der Waals surface area contributed by atoms with Crippen molar-refractivity contribution in [3.8, 4) is 0 Å². The van der Waals surface area contributed by atoms with Gasteiger partial charge in [0.05, 0.1) is 5.56 Å². The van der Waals surface area contributed by atoms with Crippen LogP contribution in [0.15, 0.2) is 54.6 Å². The number of hydrogen-bond acceptors (Lipinski definition) is 2.